The predicted molar refractivity (Wildman–Crippen MR) is 29.2 cm³/mol. The van der Waals surface area contributed by atoms with Gasteiger partial charge in [-0.2, -0.15) is 0 Å². The Morgan fingerprint density at radius 1 is 0.857 bits per heavy atom. The van der Waals surface area contributed by atoms with Crippen molar-refractivity contribution in [3.8, 4) is 0 Å². The van der Waals surface area contributed by atoms with Crippen molar-refractivity contribution in [3.05, 3.63) is 0 Å². The zero-order valence-corrected chi connectivity index (χ0v) is 4.48. The first-order valence-electron chi connectivity index (χ1n) is 3.21. The van der Waals surface area contributed by atoms with E-state index in [1.807, 2.05) is 0 Å². The van der Waals surface area contributed by atoms with Crippen LogP contribution in [0.2, 0.25) is 0 Å². The minimum absolute atomic E-state index is 0.921. The number of fused-ring (bicyclic) bond motifs is 2. The summed E-state index contributed by atoms with van der Waals surface area (Å²) in [6.07, 6.45) is 5.80. The van der Waals surface area contributed by atoms with Crippen molar-refractivity contribution in [2.75, 3.05) is 0 Å². The first kappa shape index (κ1) is 3.90. The fourth-order valence-corrected chi connectivity index (χ4v) is 1.76. The maximum Gasteiger partial charge on any atom is 0.00708 e. The van der Waals surface area contributed by atoms with Gasteiger partial charge in [0.1, 0.15) is 0 Å². The molecule has 2 bridgehead atoms. The standard InChI is InChI=1S/C6H11N/c1-2-6-4-3-5(1)7-6/h5-7H,1-4H2/t5-,6+. The molecule has 0 aromatic carbocycles. The Kier molecular flexibility index (Phi) is 0.680. The molecule has 7 heavy (non-hydrogen) atoms. The van der Waals surface area contributed by atoms with Gasteiger partial charge in [0.15, 0.2) is 0 Å². The van der Waals surface area contributed by atoms with Gasteiger partial charge in [-0.1, -0.05) is 0 Å². The lowest BCUT2D eigenvalue weighted by molar-refractivity contribution is 0.576. The van der Waals surface area contributed by atoms with Gasteiger partial charge in [-0.05, 0) is 25.7 Å². The van der Waals surface area contributed by atoms with Crippen molar-refractivity contribution in [1.29, 1.82) is 0 Å². The van der Waals surface area contributed by atoms with E-state index < -0.39 is 0 Å². The summed E-state index contributed by atoms with van der Waals surface area (Å²) in [6.45, 7) is 0. The molecule has 40 valence electrons. The summed E-state index contributed by atoms with van der Waals surface area (Å²) >= 11 is 0. The van der Waals surface area contributed by atoms with E-state index in [0.29, 0.717) is 0 Å². The quantitative estimate of drug-likeness (QED) is 0.473. The number of rotatable bonds is 0. The second kappa shape index (κ2) is 1.22. The first-order chi connectivity index (χ1) is 3.45. The van der Waals surface area contributed by atoms with Gasteiger partial charge < -0.3 is 5.32 Å². The molecule has 2 aliphatic heterocycles. The summed E-state index contributed by atoms with van der Waals surface area (Å²) in [5.74, 6) is 0. The Morgan fingerprint density at radius 2 is 1.29 bits per heavy atom. The fraction of sp³-hybridized carbons (Fsp3) is 1.00. The summed E-state index contributed by atoms with van der Waals surface area (Å²) in [4.78, 5) is 0. The van der Waals surface area contributed by atoms with Crippen LogP contribution >= 0.6 is 0 Å². The highest BCUT2D eigenvalue weighted by atomic mass is 15.0. The number of nitrogens with one attached hydrogen (secondary N) is 1. The van der Waals surface area contributed by atoms with Gasteiger partial charge in [-0.3, -0.25) is 0 Å². The van der Waals surface area contributed by atoms with Crippen LogP contribution in [-0.2, 0) is 0 Å². The predicted octanol–water partition coefficient (Wildman–Crippen LogP) is 0.901. The third-order valence-electron chi connectivity index (χ3n) is 2.20. The van der Waals surface area contributed by atoms with Gasteiger partial charge in [0, 0.05) is 12.1 Å². The Hall–Kier alpha value is -0.0400. The number of hydrogen-bond acceptors (Lipinski definition) is 1. The largest absolute Gasteiger partial charge is 0.311 e. The average molecular weight is 97.2 g/mol. The van der Waals surface area contributed by atoms with Crippen LogP contribution in [0.4, 0.5) is 0 Å². The SMILES string of the molecule is C1C[C@H]2CC[C@@H]1N2. The van der Waals surface area contributed by atoms with Crippen LogP contribution in [0.15, 0.2) is 0 Å². The zero-order valence-electron chi connectivity index (χ0n) is 4.48. The summed E-state index contributed by atoms with van der Waals surface area (Å²) in [5, 5.41) is 3.53. The van der Waals surface area contributed by atoms with Crippen molar-refractivity contribution < 1.29 is 0 Å². The molecule has 0 radical (unpaired) electrons. The summed E-state index contributed by atoms with van der Waals surface area (Å²) < 4.78 is 0. The Morgan fingerprint density at radius 3 is 1.43 bits per heavy atom. The molecule has 1 nitrogen and oxygen atoms in total. The Labute approximate surface area is 44.1 Å². The van der Waals surface area contributed by atoms with Crippen LogP contribution in [0.5, 0.6) is 0 Å². The van der Waals surface area contributed by atoms with E-state index in [1.54, 1.807) is 0 Å². The van der Waals surface area contributed by atoms with Crippen LogP contribution in [-0.4, -0.2) is 12.1 Å². The highest BCUT2D eigenvalue weighted by molar-refractivity contribution is 4.90. The molecule has 0 spiro atoms. The normalized spacial score (nSPS) is 48.0. The van der Waals surface area contributed by atoms with Crippen LogP contribution in [0.3, 0.4) is 0 Å². The van der Waals surface area contributed by atoms with Crippen molar-refractivity contribution in [3.63, 3.8) is 0 Å². The van der Waals surface area contributed by atoms with Crippen LogP contribution in [0.1, 0.15) is 25.7 Å². The molecule has 0 atom stereocenters. The van der Waals surface area contributed by atoms with Crippen molar-refractivity contribution in [2.24, 2.45) is 0 Å². The first-order valence-corrected chi connectivity index (χ1v) is 3.21. The van der Waals surface area contributed by atoms with Gasteiger partial charge in [-0.15, -0.1) is 0 Å². The molecule has 2 aliphatic rings. The van der Waals surface area contributed by atoms with E-state index in [9.17, 15) is 0 Å². The lowest BCUT2D eigenvalue weighted by Gasteiger charge is -2.02. The average Bonchev–Trinajstić information content (AvgIpc) is 2.22. The number of hydrogen-bond donors (Lipinski definition) is 1. The molecule has 0 saturated carbocycles. The molecule has 2 rings (SSSR count). The van der Waals surface area contributed by atoms with Gasteiger partial charge in [-0.25, -0.2) is 0 Å². The molecule has 0 aromatic heterocycles. The van der Waals surface area contributed by atoms with Crippen molar-refractivity contribution >= 4 is 0 Å². The Bertz CT molecular complexity index is 62.2. The van der Waals surface area contributed by atoms with Crippen molar-refractivity contribution in [2.45, 2.75) is 37.8 Å². The van der Waals surface area contributed by atoms with E-state index in [1.165, 1.54) is 25.7 Å². The van der Waals surface area contributed by atoms with Crippen molar-refractivity contribution in [1.82, 2.24) is 5.32 Å². The molecule has 1 N–H and O–H groups in total. The van der Waals surface area contributed by atoms with E-state index in [-0.39, 0.29) is 0 Å². The summed E-state index contributed by atoms with van der Waals surface area (Å²) in [5.41, 5.74) is 0. The highest BCUT2D eigenvalue weighted by Gasteiger charge is 2.29. The lowest BCUT2D eigenvalue weighted by Crippen LogP contribution is -2.17. The maximum atomic E-state index is 3.53. The monoisotopic (exact) mass is 97.1 g/mol. The second-order valence-corrected chi connectivity index (χ2v) is 2.72. The van der Waals surface area contributed by atoms with Gasteiger partial charge in [0.05, 0.1) is 0 Å². The minimum Gasteiger partial charge on any atom is -0.311 e. The molecule has 2 saturated heterocycles. The van der Waals surface area contributed by atoms with Gasteiger partial charge in [0.25, 0.3) is 0 Å². The van der Waals surface area contributed by atoms with E-state index >= 15 is 0 Å². The van der Waals surface area contributed by atoms with E-state index in [4.69, 9.17) is 0 Å². The smallest absolute Gasteiger partial charge is 0.00708 e. The topological polar surface area (TPSA) is 12.0 Å². The van der Waals surface area contributed by atoms with E-state index in [0.717, 1.165) is 12.1 Å². The molecule has 2 fully saturated rings. The highest BCUT2D eigenvalue weighted by Crippen LogP contribution is 2.26. The van der Waals surface area contributed by atoms with Gasteiger partial charge >= 0.3 is 0 Å². The van der Waals surface area contributed by atoms with Crippen LogP contribution in [0, 0.1) is 0 Å². The molecule has 2 heterocycles. The zero-order chi connectivity index (χ0) is 4.69. The van der Waals surface area contributed by atoms with Gasteiger partial charge in [0.2, 0.25) is 0 Å². The summed E-state index contributed by atoms with van der Waals surface area (Å²) in [7, 11) is 0. The van der Waals surface area contributed by atoms with Crippen LogP contribution < -0.4 is 5.32 Å². The Balaban J connectivity index is 2.12. The third kappa shape index (κ3) is 0.480. The lowest BCUT2D eigenvalue weighted by atomic mass is 10.0. The maximum absolute atomic E-state index is 3.53. The summed E-state index contributed by atoms with van der Waals surface area (Å²) in [6, 6.07) is 1.84. The minimum atomic E-state index is 0.921. The van der Waals surface area contributed by atoms with Crippen LogP contribution in [0.25, 0.3) is 0 Å². The second-order valence-electron chi connectivity index (χ2n) is 2.72. The van der Waals surface area contributed by atoms with E-state index in [2.05, 4.69) is 5.32 Å². The third-order valence-corrected chi connectivity index (χ3v) is 2.20. The molecule has 0 aliphatic carbocycles. The molecular formula is C6H11N. The molecule has 0 unspecified atom stereocenters. The molecule has 0 amide bonds. The molecule has 0 aromatic rings. The molecule has 1 heteroatoms. The fourth-order valence-electron chi connectivity index (χ4n) is 1.76. The molecular weight excluding hydrogens is 86.1 g/mol.